The van der Waals surface area contributed by atoms with Crippen LogP contribution in [0.2, 0.25) is 15.1 Å². The number of sulfonamides is 1. The predicted octanol–water partition coefficient (Wildman–Crippen LogP) is 5.53. The van der Waals surface area contributed by atoms with E-state index in [0.29, 0.717) is 18.9 Å². The zero-order chi connectivity index (χ0) is 21.3. The molecule has 0 aliphatic carbocycles. The second-order valence-corrected chi connectivity index (χ2v) is 10.0. The summed E-state index contributed by atoms with van der Waals surface area (Å²) in [5.74, 6) is 0.398. The molecule has 0 spiro atoms. The smallest absolute Gasteiger partial charge is 0.232 e. The number of carbonyl (C=O) groups is 1. The Labute approximate surface area is 183 Å². The van der Waals surface area contributed by atoms with Crippen LogP contribution < -0.4 is 9.62 Å². The summed E-state index contributed by atoms with van der Waals surface area (Å²) in [6.45, 7) is 5.05. The van der Waals surface area contributed by atoms with E-state index < -0.39 is 10.0 Å². The van der Waals surface area contributed by atoms with Crippen molar-refractivity contribution in [2.45, 2.75) is 52.4 Å². The second kappa shape index (κ2) is 12.1. The number of benzene rings is 1. The van der Waals surface area contributed by atoms with E-state index in [4.69, 9.17) is 34.8 Å². The lowest BCUT2D eigenvalue weighted by atomic mass is 9.99. The van der Waals surface area contributed by atoms with E-state index in [1.807, 2.05) is 0 Å². The molecule has 0 saturated heterocycles. The summed E-state index contributed by atoms with van der Waals surface area (Å²) >= 11 is 18.1. The molecule has 1 rings (SSSR count). The van der Waals surface area contributed by atoms with Gasteiger partial charge in [0.1, 0.15) is 0 Å². The van der Waals surface area contributed by atoms with Gasteiger partial charge in [0.25, 0.3) is 0 Å². The monoisotopic (exact) mass is 470 g/mol. The Morgan fingerprint density at radius 3 is 2.32 bits per heavy atom. The number of hydrogen-bond acceptors (Lipinski definition) is 3. The Hall–Kier alpha value is -0.690. The highest BCUT2D eigenvalue weighted by Gasteiger charge is 2.21. The van der Waals surface area contributed by atoms with Crippen LogP contribution in [0.15, 0.2) is 12.1 Å². The van der Waals surface area contributed by atoms with Crippen LogP contribution in [0.3, 0.4) is 0 Å². The molecule has 1 unspecified atom stereocenters. The minimum absolute atomic E-state index is 0.0800. The molecule has 1 aromatic carbocycles. The summed E-state index contributed by atoms with van der Waals surface area (Å²) in [6, 6.07) is 2.83. The van der Waals surface area contributed by atoms with Crippen LogP contribution in [-0.2, 0) is 14.8 Å². The van der Waals surface area contributed by atoms with Crippen molar-refractivity contribution in [3.05, 3.63) is 27.2 Å². The molecule has 1 amide bonds. The zero-order valence-corrected chi connectivity index (χ0v) is 19.7. The largest absolute Gasteiger partial charge is 0.356 e. The van der Waals surface area contributed by atoms with Crippen LogP contribution in [0.4, 0.5) is 5.69 Å². The van der Waals surface area contributed by atoms with Gasteiger partial charge >= 0.3 is 0 Å². The van der Waals surface area contributed by atoms with Gasteiger partial charge in [-0.2, -0.15) is 0 Å². The Kier molecular flexibility index (Phi) is 11.0. The van der Waals surface area contributed by atoms with Gasteiger partial charge in [0.2, 0.25) is 15.9 Å². The van der Waals surface area contributed by atoms with E-state index in [9.17, 15) is 13.2 Å². The van der Waals surface area contributed by atoms with E-state index in [2.05, 4.69) is 19.2 Å². The highest BCUT2D eigenvalue weighted by atomic mass is 35.5. The molecule has 1 aromatic rings. The fourth-order valence-corrected chi connectivity index (χ4v) is 4.50. The average molecular weight is 472 g/mol. The molecule has 0 fully saturated rings. The Bertz CT molecular complexity index is 757. The minimum atomic E-state index is -3.59. The van der Waals surface area contributed by atoms with Crippen LogP contribution in [0, 0.1) is 5.92 Å². The molecule has 1 atom stereocenters. The Morgan fingerprint density at radius 2 is 1.75 bits per heavy atom. The van der Waals surface area contributed by atoms with Gasteiger partial charge in [0.15, 0.2) is 0 Å². The fourth-order valence-electron chi connectivity index (χ4n) is 2.84. The molecule has 9 heteroatoms. The summed E-state index contributed by atoms with van der Waals surface area (Å²) in [5.41, 5.74) is 0.254. The number of amides is 1. The summed E-state index contributed by atoms with van der Waals surface area (Å²) in [6.07, 6.45) is 6.11. The number of anilines is 1. The molecule has 0 saturated carbocycles. The van der Waals surface area contributed by atoms with Gasteiger partial charge in [-0.3, -0.25) is 9.10 Å². The molecule has 160 valence electrons. The van der Waals surface area contributed by atoms with Crippen LogP contribution in [-0.4, -0.2) is 33.7 Å². The molecule has 0 aliphatic rings. The third-order valence-corrected chi connectivity index (χ3v) is 6.76. The maximum atomic E-state index is 12.2. The first-order valence-corrected chi connectivity index (χ1v) is 12.5. The van der Waals surface area contributed by atoms with Crippen molar-refractivity contribution in [2.75, 3.05) is 23.7 Å². The van der Waals surface area contributed by atoms with E-state index >= 15 is 0 Å². The molecule has 0 radical (unpaired) electrons. The third kappa shape index (κ3) is 8.36. The van der Waals surface area contributed by atoms with Crippen molar-refractivity contribution in [3.8, 4) is 0 Å². The van der Waals surface area contributed by atoms with Crippen molar-refractivity contribution in [3.63, 3.8) is 0 Å². The lowest BCUT2D eigenvalue weighted by Gasteiger charge is -2.24. The number of nitrogens with zero attached hydrogens (tertiary/aromatic N) is 1. The van der Waals surface area contributed by atoms with Crippen molar-refractivity contribution in [2.24, 2.45) is 5.92 Å². The van der Waals surface area contributed by atoms with Crippen molar-refractivity contribution < 1.29 is 13.2 Å². The Balaban J connectivity index is 2.66. The molecule has 0 aliphatic heterocycles. The average Bonchev–Trinajstić information content (AvgIpc) is 2.61. The number of rotatable bonds is 12. The standard InChI is InChI=1S/C19H29Cl3N2O3S/c1-4-6-8-14(5-2)13-23-19(25)9-7-10-24(28(3,26)27)18-12-16(21)15(20)11-17(18)22/h11-12,14H,4-10,13H2,1-3H3,(H,23,25). The van der Waals surface area contributed by atoms with Gasteiger partial charge < -0.3 is 5.32 Å². The minimum Gasteiger partial charge on any atom is -0.356 e. The highest BCUT2D eigenvalue weighted by Crippen LogP contribution is 2.35. The fraction of sp³-hybridized carbons (Fsp3) is 0.632. The van der Waals surface area contributed by atoms with E-state index in [-0.39, 0.29) is 39.6 Å². The van der Waals surface area contributed by atoms with Crippen molar-refractivity contribution in [1.82, 2.24) is 5.32 Å². The number of halogens is 3. The topological polar surface area (TPSA) is 66.5 Å². The third-order valence-electron chi connectivity index (χ3n) is 4.55. The lowest BCUT2D eigenvalue weighted by molar-refractivity contribution is -0.121. The van der Waals surface area contributed by atoms with Crippen LogP contribution in [0.25, 0.3) is 0 Å². The SMILES string of the molecule is CCCCC(CC)CNC(=O)CCCN(c1cc(Cl)c(Cl)cc1Cl)S(C)(=O)=O. The first-order chi connectivity index (χ1) is 13.1. The molecular weight excluding hydrogens is 443 g/mol. The highest BCUT2D eigenvalue weighted by molar-refractivity contribution is 7.92. The van der Waals surface area contributed by atoms with Gasteiger partial charge in [-0.1, -0.05) is 67.9 Å². The van der Waals surface area contributed by atoms with E-state index in [1.54, 1.807) is 0 Å². The molecule has 0 bridgehead atoms. The predicted molar refractivity (Wildman–Crippen MR) is 119 cm³/mol. The summed E-state index contributed by atoms with van der Waals surface area (Å²) in [5, 5.41) is 3.60. The van der Waals surface area contributed by atoms with Gasteiger partial charge in [0.05, 0.1) is 27.0 Å². The van der Waals surface area contributed by atoms with E-state index in [1.165, 1.54) is 12.1 Å². The van der Waals surface area contributed by atoms with Gasteiger partial charge in [-0.15, -0.1) is 0 Å². The summed E-state index contributed by atoms with van der Waals surface area (Å²) in [4.78, 5) is 12.1. The van der Waals surface area contributed by atoms with Crippen LogP contribution in [0.5, 0.6) is 0 Å². The molecule has 28 heavy (non-hydrogen) atoms. The Morgan fingerprint density at radius 1 is 1.11 bits per heavy atom. The number of carbonyl (C=O) groups excluding carboxylic acids is 1. The van der Waals surface area contributed by atoms with Gasteiger partial charge in [-0.05, 0) is 30.9 Å². The van der Waals surface area contributed by atoms with Gasteiger partial charge in [-0.25, -0.2) is 8.42 Å². The lowest BCUT2D eigenvalue weighted by Crippen LogP contribution is -2.33. The maximum absolute atomic E-state index is 12.2. The van der Waals surface area contributed by atoms with Crippen LogP contribution >= 0.6 is 34.8 Å². The first kappa shape index (κ1) is 25.3. The molecule has 5 nitrogen and oxygen atoms in total. The normalized spacial score (nSPS) is 12.6. The van der Waals surface area contributed by atoms with E-state index in [0.717, 1.165) is 36.2 Å². The second-order valence-electron chi connectivity index (χ2n) is 6.88. The first-order valence-electron chi connectivity index (χ1n) is 9.49. The van der Waals surface area contributed by atoms with Crippen molar-refractivity contribution >= 4 is 56.4 Å². The van der Waals surface area contributed by atoms with Crippen molar-refractivity contribution in [1.29, 1.82) is 0 Å². The summed E-state index contributed by atoms with van der Waals surface area (Å²) in [7, 11) is -3.59. The van der Waals surface area contributed by atoms with Crippen LogP contribution in [0.1, 0.15) is 52.4 Å². The number of unbranched alkanes of at least 4 members (excludes halogenated alkanes) is 1. The number of hydrogen-bond donors (Lipinski definition) is 1. The maximum Gasteiger partial charge on any atom is 0.232 e. The molecule has 0 heterocycles. The van der Waals surface area contributed by atoms with Gasteiger partial charge in [0, 0.05) is 19.5 Å². The summed E-state index contributed by atoms with van der Waals surface area (Å²) < 4.78 is 25.6. The molecule has 0 aromatic heterocycles. The number of nitrogens with one attached hydrogen (secondary N) is 1. The quantitative estimate of drug-likeness (QED) is 0.408. The molecular formula is C19H29Cl3N2O3S. The zero-order valence-electron chi connectivity index (χ0n) is 16.6. The molecule has 1 N–H and O–H groups in total.